The van der Waals surface area contributed by atoms with Gasteiger partial charge in [-0.2, -0.15) is 0 Å². The summed E-state index contributed by atoms with van der Waals surface area (Å²) in [6, 6.07) is 11.7. The first-order valence-corrected chi connectivity index (χ1v) is 13.7. The summed E-state index contributed by atoms with van der Waals surface area (Å²) < 4.78 is 34.1. The van der Waals surface area contributed by atoms with E-state index in [1.807, 2.05) is 13.0 Å². The molecule has 0 amide bonds. The highest BCUT2D eigenvalue weighted by molar-refractivity contribution is 5.95. The average molecular weight is 585 g/mol. The Morgan fingerprint density at radius 1 is 1.07 bits per heavy atom. The van der Waals surface area contributed by atoms with E-state index >= 15 is 0 Å². The zero-order chi connectivity index (χ0) is 30.9. The van der Waals surface area contributed by atoms with Crippen LogP contribution in [0.3, 0.4) is 0 Å². The smallest absolute Gasteiger partial charge is 0.340 e. The molecule has 1 heterocycles. The number of aliphatic hydroxyl groups is 1. The van der Waals surface area contributed by atoms with E-state index in [0.29, 0.717) is 23.3 Å². The molecule has 10 nitrogen and oxygen atoms in total. The first kappa shape index (κ1) is 32.8. The monoisotopic (exact) mass is 584 g/mol. The number of carboxylic acids is 1. The van der Waals surface area contributed by atoms with Crippen molar-refractivity contribution in [3.63, 3.8) is 0 Å². The van der Waals surface area contributed by atoms with Gasteiger partial charge in [0.15, 0.2) is 12.6 Å². The van der Waals surface area contributed by atoms with Crippen LogP contribution >= 0.6 is 0 Å². The number of ether oxygens (including phenoxy) is 6. The van der Waals surface area contributed by atoms with Gasteiger partial charge in [-0.05, 0) is 62.9 Å². The van der Waals surface area contributed by atoms with Gasteiger partial charge in [0.05, 0.1) is 24.9 Å². The number of carbonyl (C=O) groups is 2. The molecule has 1 aliphatic heterocycles. The van der Waals surface area contributed by atoms with E-state index in [0.717, 1.165) is 0 Å². The second-order valence-corrected chi connectivity index (χ2v) is 10.4. The fourth-order valence-electron chi connectivity index (χ4n) is 4.41. The zero-order valence-electron chi connectivity index (χ0n) is 24.8. The quantitative estimate of drug-likeness (QED) is 0.176. The van der Waals surface area contributed by atoms with Crippen LogP contribution in [0.1, 0.15) is 60.4 Å². The van der Waals surface area contributed by atoms with E-state index in [-0.39, 0.29) is 24.0 Å². The second-order valence-electron chi connectivity index (χ2n) is 10.4. The van der Waals surface area contributed by atoms with E-state index in [1.54, 1.807) is 75.4 Å². The Bertz CT molecular complexity index is 1250. The molecule has 1 saturated heterocycles. The predicted molar refractivity (Wildman–Crippen MR) is 156 cm³/mol. The lowest BCUT2D eigenvalue weighted by atomic mass is 9.99. The maximum absolute atomic E-state index is 13.0. The van der Waals surface area contributed by atoms with Gasteiger partial charge in [0.25, 0.3) is 0 Å². The lowest BCUT2D eigenvalue weighted by Crippen LogP contribution is -2.37. The molecule has 0 aromatic heterocycles. The maximum Gasteiger partial charge on any atom is 0.340 e. The number of carboxylic acid groups (broad SMARTS) is 1. The molecule has 2 aromatic carbocycles. The number of benzene rings is 2. The fourth-order valence-corrected chi connectivity index (χ4v) is 4.41. The molecule has 5 atom stereocenters. The van der Waals surface area contributed by atoms with E-state index in [9.17, 15) is 19.8 Å². The Morgan fingerprint density at radius 3 is 2.40 bits per heavy atom. The molecule has 0 spiro atoms. The number of hydrogen-bond acceptors (Lipinski definition) is 9. The molecule has 42 heavy (non-hydrogen) atoms. The lowest BCUT2D eigenvalue weighted by molar-refractivity contribution is -0.152. The fraction of sp³-hybridized carbons (Fsp3) is 0.438. The SMILES string of the molecule is COCOc1cc(OC)cc(/C=C/C[C@@H]2OC(C)(C)O[C@@H]2C(/C=C\[C@H](C)[C@H](C)O)OC(=O)c2ccccc2)c1C(=O)O. The van der Waals surface area contributed by atoms with E-state index in [4.69, 9.17) is 28.4 Å². The normalized spacial score (nSPS) is 20.4. The molecule has 0 saturated carbocycles. The van der Waals surface area contributed by atoms with Crippen molar-refractivity contribution in [2.75, 3.05) is 21.0 Å². The highest BCUT2D eigenvalue weighted by Gasteiger charge is 2.45. The minimum atomic E-state index is -1.17. The van der Waals surface area contributed by atoms with Crippen molar-refractivity contribution in [2.45, 2.75) is 64.3 Å². The van der Waals surface area contributed by atoms with Gasteiger partial charge >= 0.3 is 11.9 Å². The summed E-state index contributed by atoms with van der Waals surface area (Å²) in [7, 11) is 2.91. The van der Waals surface area contributed by atoms with Crippen LogP contribution in [0.2, 0.25) is 0 Å². The molecule has 0 radical (unpaired) electrons. The van der Waals surface area contributed by atoms with Gasteiger partial charge < -0.3 is 38.6 Å². The van der Waals surface area contributed by atoms with Gasteiger partial charge in [0, 0.05) is 13.2 Å². The third-order valence-corrected chi connectivity index (χ3v) is 6.72. The van der Waals surface area contributed by atoms with Crippen LogP contribution in [0.25, 0.3) is 6.08 Å². The van der Waals surface area contributed by atoms with Crippen LogP contribution in [0, 0.1) is 5.92 Å². The van der Waals surface area contributed by atoms with E-state index < -0.39 is 42.1 Å². The molecular weight excluding hydrogens is 544 g/mol. The average Bonchev–Trinajstić information content (AvgIpc) is 3.27. The molecule has 3 rings (SSSR count). The summed E-state index contributed by atoms with van der Waals surface area (Å²) in [5, 5.41) is 19.9. The number of carbonyl (C=O) groups excluding carboxylic acids is 1. The van der Waals surface area contributed by atoms with Crippen molar-refractivity contribution in [3.05, 3.63) is 77.4 Å². The summed E-state index contributed by atoms with van der Waals surface area (Å²) in [5.74, 6) is -2.36. The molecular formula is C32H40O10. The summed E-state index contributed by atoms with van der Waals surface area (Å²) in [6.45, 7) is 6.94. The number of hydrogen-bond donors (Lipinski definition) is 2. The van der Waals surface area contributed by atoms with Crippen molar-refractivity contribution >= 4 is 18.0 Å². The van der Waals surface area contributed by atoms with E-state index in [2.05, 4.69) is 0 Å². The van der Waals surface area contributed by atoms with Gasteiger partial charge in [0.1, 0.15) is 29.3 Å². The van der Waals surface area contributed by atoms with Crippen molar-refractivity contribution in [2.24, 2.45) is 5.92 Å². The lowest BCUT2D eigenvalue weighted by Gasteiger charge is -2.25. The van der Waals surface area contributed by atoms with Crippen LogP contribution in [-0.2, 0) is 18.9 Å². The number of methoxy groups -OCH3 is 2. The molecule has 0 bridgehead atoms. The van der Waals surface area contributed by atoms with Gasteiger partial charge in [-0.15, -0.1) is 0 Å². The van der Waals surface area contributed by atoms with Crippen LogP contribution in [0.15, 0.2) is 60.7 Å². The summed E-state index contributed by atoms with van der Waals surface area (Å²) >= 11 is 0. The van der Waals surface area contributed by atoms with Crippen molar-refractivity contribution in [3.8, 4) is 11.5 Å². The summed E-state index contributed by atoms with van der Waals surface area (Å²) in [6.07, 6.45) is 4.53. The molecule has 2 N–H and O–H groups in total. The molecule has 228 valence electrons. The van der Waals surface area contributed by atoms with Crippen molar-refractivity contribution in [1.29, 1.82) is 0 Å². The highest BCUT2D eigenvalue weighted by Crippen LogP contribution is 2.35. The topological polar surface area (TPSA) is 130 Å². The Balaban J connectivity index is 1.91. The molecule has 1 unspecified atom stereocenters. The first-order chi connectivity index (χ1) is 20.0. The first-order valence-electron chi connectivity index (χ1n) is 13.7. The standard InChI is InChI=1S/C32H40O10/c1-20(21(2)33)15-16-25(40-31(36)22-11-8-7-9-12-22)29-26(41-32(3,4)42-29)14-10-13-23-17-24(38-6)18-27(39-19-37-5)28(23)30(34)35/h7-13,15-18,20-21,25-26,29,33H,14,19H2,1-6H3,(H,34,35)/b13-10+,16-15-/t20-,21-,25?,26-,29+/m0/s1. The van der Waals surface area contributed by atoms with Gasteiger partial charge in [-0.3, -0.25) is 0 Å². The number of aliphatic hydroxyl groups excluding tert-OH is 1. The molecule has 1 aliphatic rings. The van der Waals surface area contributed by atoms with Crippen LogP contribution < -0.4 is 9.47 Å². The van der Waals surface area contributed by atoms with Crippen LogP contribution in [-0.4, -0.2) is 73.4 Å². The molecule has 10 heteroatoms. The second kappa shape index (κ2) is 15.0. The Morgan fingerprint density at radius 2 is 1.79 bits per heavy atom. The van der Waals surface area contributed by atoms with Crippen molar-refractivity contribution in [1.82, 2.24) is 0 Å². The summed E-state index contributed by atoms with van der Waals surface area (Å²) in [5.41, 5.74) is 0.703. The predicted octanol–water partition coefficient (Wildman–Crippen LogP) is 5.10. The minimum Gasteiger partial charge on any atom is -0.497 e. The maximum atomic E-state index is 13.0. The van der Waals surface area contributed by atoms with E-state index in [1.165, 1.54) is 20.3 Å². The highest BCUT2D eigenvalue weighted by atomic mass is 16.8. The molecule has 0 aliphatic carbocycles. The minimum absolute atomic E-state index is 0.0470. The zero-order valence-corrected chi connectivity index (χ0v) is 24.8. The third-order valence-electron chi connectivity index (χ3n) is 6.72. The molecule has 1 fully saturated rings. The van der Waals surface area contributed by atoms with Gasteiger partial charge in [-0.25, -0.2) is 9.59 Å². The Hall–Kier alpha value is -3.70. The number of esters is 1. The third kappa shape index (κ3) is 8.90. The van der Waals surface area contributed by atoms with Gasteiger partial charge in [0.2, 0.25) is 0 Å². The number of aromatic carboxylic acids is 1. The summed E-state index contributed by atoms with van der Waals surface area (Å²) in [4.78, 5) is 25.2. The Labute approximate surface area is 246 Å². The van der Waals surface area contributed by atoms with Gasteiger partial charge in [-0.1, -0.05) is 43.4 Å². The van der Waals surface area contributed by atoms with Crippen LogP contribution in [0.5, 0.6) is 11.5 Å². The molecule has 2 aromatic rings. The number of rotatable bonds is 14. The largest absolute Gasteiger partial charge is 0.497 e. The Kier molecular flexibility index (Phi) is 11.7. The van der Waals surface area contributed by atoms with Crippen molar-refractivity contribution < 1.29 is 48.2 Å². The van der Waals surface area contributed by atoms with Crippen LogP contribution in [0.4, 0.5) is 0 Å².